The summed E-state index contributed by atoms with van der Waals surface area (Å²) < 4.78 is 13.2. The fourth-order valence-corrected chi connectivity index (χ4v) is 2.96. The van der Waals surface area contributed by atoms with Crippen LogP contribution in [0.5, 0.6) is 0 Å². The Labute approximate surface area is 88.7 Å². The van der Waals surface area contributed by atoms with Crippen LogP contribution in [-0.2, 0) is 5.41 Å². The molecule has 2 nitrogen and oxygen atoms in total. The molecule has 1 aromatic carbocycles. The largest absolute Gasteiger partial charge is 0.385 e. The van der Waals surface area contributed by atoms with E-state index in [1.807, 2.05) is 6.07 Å². The zero-order chi connectivity index (χ0) is 10.5. The molecule has 1 saturated carbocycles. The third-order valence-electron chi connectivity index (χ3n) is 3.92. The summed E-state index contributed by atoms with van der Waals surface area (Å²) in [7, 11) is 0. The Morgan fingerprint density at radius 1 is 1.53 bits per heavy atom. The molecule has 0 aromatic heterocycles. The highest BCUT2D eigenvalue weighted by Crippen LogP contribution is 2.59. The number of nitrogens with two attached hydrogens (primary N) is 1. The van der Waals surface area contributed by atoms with Gasteiger partial charge in [0.1, 0.15) is 5.82 Å². The lowest BCUT2D eigenvalue weighted by Gasteiger charge is -2.27. The van der Waals surface area contributed by atoms with Crippen LogP contribution in [0, 0.1) is 11.7 Å². The van der Waals surface area contributed by atoms with Gasteiger partial charge in [-0.15, -0.1) is 0 Å². The van der Waals surface area contributed by atoms with Crippen molar-refractivity contribution in [2.24, 2.45) is 11.7 Å². The fraction of sp³-hybridized carbons (Fsp3) is 0.500. The minimum Gasteiger partial charge on any atom is -0.385 e. The molecule has 3 rings (SSSR count). The van der Waals surface area contributed by atoms with Crippen molar-refractivity contribution in [3.8, 4) is 0 Å². The highest BCUT2D eigenvalue weighted by molar-refractivity contribution is 5.59. The Morgan fingerprint density at radius 3 is 3.13 bits per heavy atom. The van der Waals surface area contributed by atoms with E-state index in [2.05, 4.69) is 5.32 Å². The molecule has 1 aliphatic heterocycles. The van der Waals surface area contributed by atoms with Crippen LogP contribution in [0.25, 0.3) is 0 Å². The number of hydrogen-bond acceptors (Lipinski definition) is 2. The van der Waals surface area contributed by atoms with Crippen molar-refractivity contribution in [3.05, 3.63) is 29.6 Å². The molecule has 0 saturated heterocycles. The zero-order valence-electron chi connectivity index (χ0n) is 8.59. The van der Waals surface area contributed by atoms with E-state index in [1.54, 1.807) is 6.07 Å². The van der Waals surface area contributed by atoms with Crippen LogP contribution in [0.4, 0.5) is 10.1 Å². The molecule has 2 aliphatic rings. The van der Waals surface area contributed by atoms with Gasteiger partial charge in [-0.25, -0.2) is 4.39 Å². The molecule has 0 bridgehead atoms. The third kappa shape index (κ3) is 1.19. The van der Waals surface area contributed by atoms with Gasteiger partial charge < -0.3 is 11.1 Å². The van der Waals surface area contributed by atoms with Crippen molar-refractivity contribution in [3.63, 3.8) is 0 Å². The average Bonchev–Trinajstić information content (AvgIpc) is 2.94. The fourth-order valence-electron chi connectivity index (χ4n) is 2.96. The van der Waals surface area contributed by atoms with Gasteiger partial charge in [-0.05, 0) is 49.1 Å². The Kier molecular flexibility index (Phi) is 1.80. The summed E-state index contributed by atoms with van der Waals surface area (Å²) in [6.45, 7) is 1.70. The minimum absolute atomic E-state index is 0.139. The number of nitrogens with one attached hydrogen (secondary N) is 1. The predicted octanol–water partition coefficient (Wildman–Crippen LogP) is 1.86. The second-order valence-corrected chi connectivity index (χ2v) is 4.66. The number of fused-ring (bicyclic) bond motifs is 2. The van der Waals surface area contributed by atoms with E-state index < -0.39 is 0 Å². The van der Waals surface area contributed by atoms with Crippen molar-refractivity contribution >= 4 is 5.69 Å². The average molecular weight is 206 g/mol. The highest BCUT2D eigenvalue weighted by atomic mass is 19.1. The molecule has 1 spiro atoms. The van der Waals surface area contributed by atoms with Crippen LogP contribution in [0.3, 0.4) is 0 Å². The quantitative estimate of drug-likeness (QED) is 0.736. The van der Waals surface area contributed by atoms with Crippen LogP contribution in [0.15, 0.2) is 18.2 Å². The zero-order valence-corrected chi connectivity index (χ0v) is 8.59. The first-order valence-electron chi connectivity index (χ1n) is 5.50. The standard InChI is InChI=1S/C12H15FN2/c13-9-1-2-11-10(5-9)12(3-4-15-11)6-8(12)7-14/h1-2,5,8,15H,3-4,6-7,14H2. The van der Waals surface area contributed by atoms with Crippen molar-refractivity contribution in [2.75, 3.05) is 18.4 Å². The monoisotopic (exact) mass is 206 g/mol. The van der Waals surface area contributed by atoms with Crippen molar-refractivity contribution in [1.82, 2.24) is 0 Å². The van der Waals surface area contributed by atoms with Gasteiger partial charge in [0, 0.05) is 17.6 Å². The molecule has 1 aliphatic carbocycles. The molecule has 15 heavy (non-hydrogen) atoms. The molecule has 0 radical (unpaired) electrons. The summed E-state index contributed by atoms with van der Waals surface area (Å²) in [6, 6.07) is 5.04. The summed E-state index contributed by atoms with van der Waals surface area (Å²) >= 11 is 0. The number of anilines is 1. The summed E-state index contributed by atoms with van der Waals surface area (Å²) in [5.41, 5.74) is 8.15. The van der Waals surface area contributed by atoms with E-state index in [9.17, 15) is 4.39 Å². The summed E-state index contributed by atoms with van der Waals surface area (Å²) in [6.07, 6.45) is 2.22. The second-order valence-electron chi connectivity index (χ2n) is 4.66. The van der Waals surface area contributed by atoms with Gasteiger partial charge in [0.05, 0.1) is 0 Å². The van der Waals surface area contributed by atoms with Crippen molar-refractivity contribution < 1.29 is 4.39 Å². The molecule has 80 valence electrons. The van der Waals surface area contributed by atoms with Crippen LogP contribution in [-0.4, -0.2) is 13.1 Å². The lowest BCUT2D eigenvalue weighted by Crippen LogP contribution is -2.25. The van der Waals surface area contributed by atoms with E-state index in [0.717, 1.165) is 37.2 Å². The van der Waals surface area contributed by atoms with Crippen LogP contribution < -0.4 is 11.1 Å². The number of halogens is 1. The smallest absolute Gasteiger partial charge is 0.123 e. The molecule has 3 heteroatoms. The summed E-state index contributed by atoms with van der Waals surface area (Å²) in [5, 5.41) is 3.32. The van der Waals surface area contributed by atoms with Gasteiger partial charge in [-0.2, -0.15) is 0 Å². The van der Waals surface area contributed by atoms with Crippen molar-refractivity contribution in [2.45, 2.75) is 18.3 Å². The topological polar surface area (TPSA) is 38.0 Å². The molecule has 3 N–H and O–H groups in total. The summed E-state index contributed by atoms with van der Waals surface area (Å²) in [5.74, 6) is 0.416. The number of hydrogen-bond donors (Lipinski definition) is 2. The van der Waals surface area contributed by atoms with Crippen LogP contribution >= 0.6 is 0 Å². The molecule has 2 atom stereocenters. The van der Waals surface area contributed by atoms with Gasteiger partial charge in [0.2, 0.25) is 0 Å². The number of rotatable bonds is 1. The van der Waals surface area contributed by atoms with Gasteiger partial charge in [-0.3, -0.25) is 0 Å². The molecular formula is C12H15FN2. The summed E-state index contributed by atoms with van der Waals surface area (Å²) in [4.78, 5) is 0. The van der Waals surface area contributed by atoms with E-state index >= 15 is 0 Å². The van der Waals surface area contributed by atoms with E-state index in [4.69, 9.17) is 5.73 Å². The van der Waals surface area contributed by atoms with Crippen LogP contribution in [0.1, 0.15) is 18.4 Å². The first-order valence-corrected chi connectivity index (χ1v) is 5.50. The maximum atomic E-state index is 13.2. The Bertz CT molecular complexity index is 405. The SMILES string of the molecule is NCC1CC12CCNc1ccc(F)cc12. The Balaban J connectivity index is 2.07. The van der Waals surface area contributed by atoms with Gasteiger partial charge in [0.25, 0.3) is 0 Å². The van der Waals surface area contributed by atoms with E-state index in [1.165, 1.54) is 6.07 Å². The first-order chi connectivity index (χ1) is 7.26. The molecular weight excluding hydrogens is 191 g/mol. The van der Waals surface area contributed by atoms with Gasteiger partial charge in [0.15, 0.2) is 0 Å². The molecule has 2 unspecified atom stereocenters. The Morgan fingerprint density at radius 2 is 2.40 bits per heavy atom. The second kappa shape index (κ2) is 2.95. The van der Waals surface area contributed by atoms with E-state index in [0.29, 0.717) is 5.92 Å². The first kappa shape index (κ1) is 9.16. The lowest BCUT2D eigenvalue weighted by atomic mass is 9.85. The molecule has 1 heterocycles. The lowest BCUT2D eigenvalue weighted by molar-refractivity contribution is 0.549. The number of benzene rings is 1. The predicted molar refractivity (Wildman–Crippen MR) is 58.3 cm³/mol. The molecule has 1 fully saturated rings. The van der Waals surface area contributed by atoms with E-state index in [-0.39, 0.29) is 11.2 Å². The molecule has 0 amide bonds. The maximum absolute atomic E-state index is 13.2. The third-order valence-corrected chi connectivity index (χ3v) is 3.92. The van der Waals surface area contributed by atoms with Crippen molar-refractivity contribution in [1.29, 1.82) is 0 Å². The highest BCUT2D eigenvalue weighted by Gasteiger charge is 2.55. The maximum Gasteiger partial charge on any atom is 0.123 e. The normalized spacial score (nSPS) is 32.3. The minimum atomic E-state index is -0.139. The molecule has 1 aromatic rings. The van der Waals surface area contributed by atoms with Gasteiger partial charge in [-0.1, -0.05) is 0 Å². The Hall–Kier alpha value is -1.09. The van der Waals surface area contributed by atoms with Gasteiger partial charge >= 0.3 is 0 Å². The van der Waals surface area contributed by atoms with Crippen LogP contribution in [0.2, 0.25) is 0 Å².